The highest BCUT2D eigenvalue weighted by Crippen LogP contribution is 2.22. The summed E-state index contributed by atoms with van der Waals surface area (Å²) in [5.41, 5.74) is 1.20. The molecule has 0 fully saturated rings. The van der Waals surface area contributed by atoms with Gasteiger partial charge in [-0.25, -0.2) is 13.2 Å². The van der Waals surface area contributed by atoms with E-state index in [1.54, 1.807) is 49.4 Å². The van der Waals surface area contributed by atoms with Gasteiger partial charge in [0.1, 0.15) is 18.5 Å². The molecule has 8 heteroatoms. The lowest BCUT2D eigenvalue weighted by atomic mass is 10.2. The molecule has 1 aliphatic rings. The van der Waals surface area contributed by atoms with Crippen LogP contribution >= 0.6 is 11.6 Å². The number of carbonyl (C=O) groups is 1. The molecule has 0 aromatic heterocycles. The first kappa shape index (κ1) is 17.4. The Morgan fingerprint density at radius 2 is 2.00 bits per heavy atom. The van der Waals surface area contributed by atoms with Crippen LogP contribution in [0.1, 0.15) is 18.1 Å². The molecule has 25 heavy (non-hydrogen) atoms. The first-order valence-electron chi connectivity index (χ1n) is 7.48. The van der Waals surface area contributed by atoms with Gasteiger partial charge >= 0.3 is 5.97 Å². The molecule has 3 rings (SSSR count). The number of amidine groups is 1. The molecule has 1 atom stereocenters. The predicted molar refractivity (Wildman–Crippen MR) is 94.0 cm³/mol. The van der Waals surface area contributed by atoms with Crippen LogP contribution in [0, 0.1) is 0 Å². The SMILES string of the molecule is C[C@H](N=C1NS(=O)(=O)c2ccccc21)C(=O)OCc1cccc(Cl)c1. The largest absolute Gasteiger partial charge is 0.459 e. The van der Waals surface area contributed by atoms with E-state index in [-0.39, 0.29) is 17.3 Å². The Labute approximate surface area is 150 Å². The summed E-state index contributed by atoms with van der Waals surface area (Å²) in [6.07, 6.45) is 0. The molecule has 130 valence electrons. The molecule has 2 aromatic carbocycles. The summed E-state index contributed by atoms with van der Waals surface area (Å²) in [5, 5.41) is 0.554. The zero-order valence-electron chi connectivity index (χ0n) is 13.3. The van der Waals surface area contributed by atoms with E-state index >= 15 is 0 Å². The highest BCUT2D eigenvalue weighted by molar-refractivity contribution is 7.90. The van der Waals surface area contributed by atoms with E-state index in [0.29, 0.717) is 10.6 Å². The molecule has 6 nitrogen and oxygen atoms in total. The third kappa shape index (κ3) is 3.83. The van der Waals surface area contributed by atoms with Crippen LogP contribution < -0.4 is 4.72 Å². The standard InChI is InChI=1S/C17H15ClN2O4S/c1-11(17(21)24-10-12-5-4-6-13(18)9-12)19-16-14-7-2-3-8-15(14)25(22,23)20-16/h2-9,11H,10H2,1H3,(H,19,20)/t11-/m0/s1. The van der Waals surface area contributed by atoms with Crippen molar-refractivity contribution in [1.82, 2.24) is 4.72 Å². The Balaban J connectivity index is 1.72. The van der Waals surface area contributed by atoms with Crippen LogP contribution in [0.5, 0.6) is 0 Å². The van der Waals surface area contributed by atoms with Crippen molar-refractivity contribution in [3.8, 4) is 0 Å². The molecule has 0 radical (unpaired) electrons. The normalized spacial score (nSPS) is 17.6. The fourth-order valence-electron chi connectivity index (χ4n) is 2.38. The van der Waals surface area contributed by atoms with Gasteiger partial charge < -0.3 is 4.74 Å². The summed E-state index contributed by atoms with van der Waals surface area (Å²) >= 11 is 5.88. The van der Waals surface area contributed by atoms with Crippen LogP contribution in [-0.2, 0) is 26.2 Å². The number of nitrogens with one attached hydrogen (secondary N) is 1. The topological polar surface area (TPSA) is 84.8 Å². The molecule has 1 heterocycles. The van der Waals surface area contributed by atoms with Crippen LogP contribution in [0.25, 0.3) is 0 Å². The number of sulfonamides is 1. The minimum absolute atomic E-state index is 0.0664. The minimum Gasteiger partial charge on any atom is -0.459 e. The number of halogens is 1. The van der Waals surface area contributed by atoms with Gasteiger partial charge in [0.25, 0.3) is 10.0 Å². The fourth-order valence-corrected chi connectivity index (χ4v) is 3.83. The number of esters is 1. The van der Waals surface area contributed by atoms with E-state index in [0.717, 1.165) is 5.56 Å². The number of benzene rings is 2. The summed E-state index contributed by atoms with van der Waals surface area (Å²) in [6.45, 7) is 1.61. The van der Waals surface area contributed by atoms with Crippen LogP contribution in [0.15, 0.2) is 58.4 Å². The van der Waals surface area contributed by atoms with Gasteiger partial charge in [-0.2, -0.15) is 0 Å². The highest BCUT2D eigenvalue weighted by atomic mass is 35.5. The van der Waals surface area contributed by atoms with Crippen molar-refractivity contribution in [3.63, 3.8) is 0 Å². The van der Waals surface area contributed by atoms with Crippen molar-refractivity contribution >= 4 is 33.4 Å². The Morgan fingerprint density at radius 3 is 2.76 bits per heavy atom. The smallest absolute Gasteiger partial charge is 0.330 e. The summed E-state index contributed by atoms with van der Waals surface area (Å²) < 4.78 is 31.6. The van der Waals surface area contributed by atoms with Crippen molar-refractivity contribution in [3.05, 3.63) is 64.7 Å². The molecule has 0 saturated heterocycles. The van der Waals surface area contributed by atoms with Gasteiger partial charge in [0.2, 0.25) is 0 Å². The van der Waals surface area contributed by atoms with Crippen LogP contribution in [0.3, 0.4) is 0 Å². The quantitative estimate of drug-likeness (QED) is 0.828. The van der Waals surface area contributed by atoms with E-state index in [4.69, 9.17) is 16.3 Å². The van der Waals surface area contributed by atoms with Gasteiger partial charge in [0.05, 0.1) is 4.90 Å². The molecule has 0 spiro atoms. The van der Waals surface area contributed by atoms with Gasteiger partial charge in [-0.1, -0.05) is 35.9 Å². The number of fused-ring (bicyclic) bond motifs is 1. The number of aliphatic imine (C=N–C) groups is 1. The molecule has 1 N–H and O–H groups in total. The van der Waals surface area contributed by atoms with E-state index in [1.807, 2.05) is 0 Å². The third-order valence-corrected chi connectivity index (χ3v) is 5.23. The molecule has 0 amide bonds. The van der Waals surface area contributed by atoms with Gasteiger partial charge in [0, 0.05) is 10.6 Å². The number of hydrogen-bond acceptors (Lipinski definition) is 5. The molecular weight excluding hydrogens is 364 g/mol. The zero-order chi connectivity index (χ0) is 18.0. The summed E-state index contributed by atoms with van der Waals surface area (Å²) in [7, 11) is -3.63. The maximum atomic E-state index is 12.1. The molecule has 1 aliphatic heterocycles. The van der Waals surface area contributed by atoms with Crippen LogP contribution in [-0.4, -0.2) is 26.3 Å². The summed E-state index contributed by atoms with van der Waals surface area (Å²) in [5.74, 6) is -0.418. The number of rotatable bonds is 4. The zero-order valence-corrected chi connectivity index (χ0v) is 14.8. The number of ether oxygens (including phenoxy) is 1. The second-order valence-corrected chi connectivity index (χ2v) is 7.58. The maximum Gasteiger partial charge on any atom is 0.330 e. The minimum atomic E-state index is -3.63. The van der Waals surface area contributed by atoms with Gasteiger partial charge in [-0.15, -0.1) is 0 Å². The number of nitrogens with zero attached hydrogens (tertiary/aromatic N) is 1. The van der Waals surface area contributed by atoms with Crippen molar-refractivity contribution in [2.24, 2.45) is 4.99 Å². The third-order valence-electron chi connectivity index (χ3n) is 3.60. The maximum absolute atomic E-state index is 12.1. The van der Waals surface area contributed by atoms with Gasteiger partial charge in [0.15, 0.2) is 0 Å². The van der Waals surface area contributed by atoms with Crippen molar-refractivity contribution in [2.45, 2.75) is 24.5 Å². The average molecular weight is 379 g/mol. The average Bonchev–Trinajstić information content (AvgIpc) is 2.84. The second kappa shape index (κ2) is 6.85. The second-order valence-electron chi connectivity index (χ2n) is 5.49. The van der Waals surface area contributed by atoms with Gasteiger partial charge in [-0.05, 0) is 36.8 Å². The lowest BCUT2D eigenvalue weighted by Crippen LogP contribution is -2.26. The summed E-state index contributed by atoms with van der Waals surface area (Å²) in [4.78, 5) is 16.4. The molecular formula is C17H15ClN2O4S. The number of carbonyl (C=O) groups excluding carboxylic acids is 1. The van der Waals surface area contributed by atoms with E-state index in [9.17, 15) is 13.2 Å². The monoisotopic (exact) mass is 378 g/mol. The molecule has 2 aromatic rings. The fraction of sp³-hybridized carbons (Fsp3) is 0.176. The Morgan fingerprint density at radius 1 is 1.24 bits per heavy atom. The molecule has 0 aliphatic carbocycles. The van der Waals surface area contributed by atoms with Crippen LogP contribution in [0.4, 0.5) is 0 Å². The molecule has 0 saturated carbocycles. The first-order chi connectivity index (χ1) is 11.9. The van der Waals surface area contributed by atoms with E-state index in [1.165, 1.54) is 6.07 Å². The van der Waals surface area contributed by atoms with E-state index in [2.05, 4.69) is 9.71 Å². The Hall–Kier alpha value is -2.38. The molecule has 0 bridgehead atoms. The van der Waals surface area contributed by atoms with Crippen LogP contribution in [0.2, 0.25) is 5.02 Å². The van der Waals surface area contributed by atoms with Crippen molar-refractivity contribution < 1.29 is 17.9 Å². The van der Waals surface area contributed by atoms with Crippen molar-refractivity contribution in [1.29, 1.82) is 0 Å². The van der Waals surface area contributed by atoms with Crippen molar-refractivity contribution in [2.75, 3.05) is 0 Å². The van der Waals surface area contributed by atoms with Gasteiger partial charge in [-0.3, -0.25) is 9.71 Å². The summed E-state index contributed by atoms with van der Waals surface area (Å²) in [6, 6.07) is 12.6. The lowest BCUT2D eigenvalue weighted by molar-refractivity contribution is -0.146. The lowest BCUT2D eigenvalue weighted by Gasteiger charge is -2.09. The predicted octanol–water partition coefficient (Wildman–Crippen LogP) is 2.51. The first-order valence-corrected chi connectivity index (χ1v) is 9.34. The highest BCUT2D eigenvalue weighted by Gasteiger charge is 2.31. The molecule has 0 unspecified atom stereocenters. The van der Waals surface area contributed by atoms with E-state index < -0.39 is 22.0 Å². The Bertz CT molecular complexity index is 957. The Kier molecular flexibility index (Phi) is 4.78. The number of hydrogen-bond donors (Lipinski definition) is 1.